The number of rotatable bonds is 2. The minimum Gasteiger partial charge on any atom is -0.444 e. The number of halogens is 2. The fourth-order valence-corrected chi connectivity index (χ4v) is 3.37. The first-order chi connectivity index (χ1) is 13.1. The Morgan fingerprint density at radius 3 is 2.38 bits per heavy atom. The highest BCUT2D eigenvalue weighted by atomic mass is 19.3. The zero-order chi connectivity index (χ0) is 21.8. The molecule has 1 aromatic rings. The molecule has 1 aromatic heterocycles. The third-order valence-corrected chi connectivity index (χ3v) is 5.56. The maximum atomic E-state index is 14.4. The van der Waals surface area contributed by atoms with E-state index < -0.39 is 54.9 Å². The Bertz CT molecular complexity index is 760. The third-order valence-electron chi connectivity index (χ3n) is 5.56. The van der Waals surface area contributed by atoms with Crippen molar-refractivity contribution in [1.29, 1.82) is 0 Å². The van der Waals surface area contributed by atoms with Crippen LogP contribution < -0.4 is 5.46 Å². The lowest BCUT2D eigenvalue weighted by Crippen LogP contribution is -2.51. The molecular formula is C19H30BF2N3O4. The van der Waals surface area contributed by atoms with Crippen molar-refractivity contribution in [3.63, 3.8) is 0 Å². The first-order valence-electron chi connectivity index (χ1n) is 9.84. The van der Waals surface area contributed by atoms with Crippen molar-refractivity contribution in [3.05, 3.63) is 12.4 Å². The fourth-order valence-electron chi connectivity index (χ4n) is 3.37. The van der Waals surface area contributed by atoms with Crippen LogP contribution in [0.15, 0.2) is 12.4 Å². The summed E-state index contributed by atoms with van der Waals surface area (Å²) in [5.74, 6) is -3.03. The number of carbonyl (C=O) groups excluding carboxylic acids is 1. The number of likely N-dealkylation sites (tertiary alicyclic amines) is 1. The Hall–Kier alpha value is -1.68. The first kappa shape index (κ1) is 22.0. The van der Waals surface area contributed by atoms with Gasteiger partial charge in [-0.1, -0.05) is 0 Å². The van der Waals surface area contributed by atoms with Crippen LogP contribution >= 0.6 is 0 Å². The van der Waals surface area contributed by atoms with Crippen molar-refractivity contribution < 1.29 is 27.6 Å². The van der Waals surface area contributed by atoms with Gasteiger partial charge >= 0.3 is 13.2 Å². The molecule has 0 aliphatic carbocycles. The number of aromatic nitrogens is 2. The van der Waals surface area contributed by atoms with Gasteiger partial charge in [-0.05, 0) is 48.5 Å². The van der Waals surface area contributed by atoms with Crippen LogP contribution in [0.5, 0.6) is 0 Å². The predicted octanol–water partition coefficient (Wildman–Crippen LogP) is 3.00. The van der Waals surface area contributed by atoms with Crippen LogP contribution in [0.2, 0.25) is 0 Å². The Labute approximate surface area is 170 Å². The molecule has 162 valence electrons. The Balaban J connectivity index is 1.76. The van der Waals surface area contributed by atoms with E-state index in [9.17, 15) is 13.6 Å². The summed E-state index contributed by atoms with van der Waals surface area (Å²) in [7, 11) is -0.625. The zero-order valence-electron chi connectivity index (χ0n) is 18.2. The van der Waals surface area contributed by atoms with Crippen LogP contribution in [0.25, 0.3) is 0 Å². The molecule has 2 saturated heterocycles. The summed E-state index contributed by atoms with van der Waals surface area (Å²) in [6, 6.07) is -0.678. The lowest BCUT2D eigenvalue weighted by atomic mass is 9.82. The second-order valence-electron chi connectivity index (χ2n) is 9.92. The van der Waals surface area contributed by atoms with Gasteiger partial charge in [-0.3, -0.25) is 4.68 Å². The molecule has 3 heterocycles. The van der Waals surface area contributed by atoms with E-state index in [-0.39, 0.29) is 6.54 Å². The van der Waals surface area contributed by atoms with Gasteiger partial charge in [0.05, 0.1) is 23.8 Å². The van der Waals surface area contributed by atoms with Gasteiger partial charge < -0.3 is 18.9 Å². The van der Waals surface area contributed by atoms with Gasteiger partial charge in [0.15, 0.2) is 0 Å². The van der Waals surface area contributed by atoms with E-state index in [0.717, 1.165) is 4.90 Å². The molecule has 2 fully saturated rings. The van der Waals surface area contributed by atoms with Crippen molar-refractivity contribution in [3.8, 4) is 0 Å². The number of piperidine rings is 1. The molecule has 0 radical (unpaired) electrons. The molecule has 0 aromatic carbocycles. The molecule has 1 atom stereocenters. The van der Waals surface area contributed by atoms with Crippen LogP contribution in [0.1, 0.15) is 60.9 Å². The van der Waals surface area contributed by atoms with Crippen LogP contribution in [0, 0.1) is 0 Å². The SMILES string of the molecule is CC(C)(C)OC(=O)N1CC(n2cc(B3OC(C)(C)C(C)(C)O3)cn2)CC(F)(F)C1. The summed E-state index contributed by atoms with van der Waals surface area (Å²) < 4.78 is 47.4. The Morgan fingerprint density at radius 2 is 1.83 bits per heavy atom. The predicted molar refractivity (Wildman–Crippen MR) is 104 cm³/mol. The van der Waals surface area contributed by atoms with E-state index in [1.54, 1.807) is 33.2 Å². The molecule has 2 aliphatic heterocycles. The van der Waals surface area contributed by atoms with Crippen molar-refractivity contribution in [2.45, 2.75) is 83.7 Å². The van der Waals surface area contributed by atoms with Crippen molar-refractivity contribution in [2.24, 2.45) is 0 Å². The average molecular weight is 413 g/mol. The number of ether oxygens (including phenoxy) is 1. The lowest BCUT2D eigenvalue weighted by Gasteiger charge is -2.38. The molecule has 0 bridgehead atoms. The molecule has 29 heavy (non-hydrogen) atoms. The summed E-state index contributed by atoms with van der Waals surface area (Å²) in [5, 5.41) is 4.26. The first-order valence-corrected chi connectivity index (χ1v) is 9.84. The van der Waals surface area contributed by atoms with E-state index >= 15 is 0 Å². The molecule has 10 heteroatoms. The molecule has 7 nitrogen and oxygen atoms in total. The summed E-state index contributed by atoms with van der Waals surface area (Å²) in [5.41, 5.74) is -1.12. The van der Waals surface area contributed by atoms with Gasteiger partial charge in [0.2, 0.25) is 0 Å². The van der Waals surface area contributed by atoms with Gasteiger partial charge in [0, 0.05) is 30.8 Å². The number of hydrogen-bond donors (Lipinski definition) is 0. The number of hydrogen-bond acceptors (Lipinski definition) is 5. The van der Waals surface area contributed by atoms with E-state index in [2.05, 4.69) is 5.10 Å². The standard InChI is InChI=1S/C19H30BF2N3O4/c1-16(2,3)27-15(26)24-11-14(8-19(21,22)12-24)25-10-13(9-23-25)20-28-17(4,5)18(6,7)29-20/h9-10,14H,8,11-12H2,1-7H3. The molecule has 1 amide bonds. The molecule has 0 spiro atoms. The van der Waals surface area contributed by atoms with Gasteiger partial charge in [-0.25, -0.2) is 13.6 Å². The second-order valence-corrected chi connectivity index (χ2v) is 9.92. The minimum absolute atomic E-state index is 0.0923. The van der Waals surface area contributed by atoms with E-state index in [4.69, 9.17) is 14.0 Å². The lowest BCUT2D eigenvalue weighted by molar-refractivity contribution is -0.0852. The zero-order valence-corrected chi connectivity index (χ0v) is 18.2. The maximum absolute atomic E-state index is 14.4. The third kappa shape index (κ3) is 4.74. The van der Waals surface area contributed by atoms with Crippen molar-refractivity contribution in [2.75, 3.05) is 13.1 Å². The Kier molecular flexibility index (Phi) is 5.27. The van der Waals surface area contributed by atoms with Crippen molar-refractivity contribution in [1.82, 2.24) is 14.7 Å². The van der Waals surface area contributed by atoms with E-state index in [1.807, 2.05) is 27.7 Å². The molecule has 0 N–H and O–H groups in total. The minimum atomic E-state index is -3.03. The highest BCUT2D eigenvalue weighted by molar-refractivity contribution is 6.62. The van der Waals surface area contributed by atoms with Crippen LogP contribution in [0.4, 0.5) is 13.6 Å². The summed E-state index contributed by atoms with van der Waals surface area (Å²) in [6.07, 6.45) is 2.06. The number of alkyl halides is 2. The number of nitrogens with zero attached hydrogens (tertiary/aromatic N) is 3. The Morgan fingerprint density at radius 1 is 1.24 bits per heavy atom. The van der Waals surface area contributed by atoms with Crippen LogP contribution in [0.3, 0.4) is 0 Å². The highest BCUT2D eigenvalue weighted by Gasteiger charge is 2.52. The number of carbonyl (C=O) groups is 1. The molecule has 2 aliphatic rings. The van der Waals surface area contributed by atoms with Gasteiger partial charge in [-0.2, -0.15) is 5.10 Å². The van der Waals surface area contributed by atoms with E-state index in [1.165, 1.54) is 4.68 Å². The molecule has 3 rings (SSSR count). The largest absolute Gasteiger partial charge is 0.498 e. The molecule has 0 saturated carbocycles. The normalized spacial score (nSPS) is 25.9. The summed E-state index contributed by atoms with van der Waals surface area (Å²) in [4.78, 5) is 13.4. The second kappa shape index (κ2) is 6.94. The smallest absolute Gasteiger partial charge is 0.444 e. The topological polar surface area (TPSA) is 65.8 Å². The molecular weight excluding hydrogens is 383 g/mol. The van der Waals surface area contributed by atoms with Gasteiger partial charge in [0.1, 0.15) is 5.60 Å². The average Bonchev–Trinajstić information content (AvgIpc) is 3.07. The van der Waals surface area contributed by atoms with Crippen LogP contribution in [-0.2, 0) is 14.0 Å². The van der Waals surface area contributed by atoms with E-state index in [0.29, 0.717) is 5.46 Å². The number of amides is 1. The van der Waals surface area contributed by atoms with Crippen LogP contribution in [-0.4, -0.2) is 63.7 Å². The summed E-state index contributed by atoms with van der Waals surface area (Å²) >= 11 is 0. The fraction of sp³-hybridized carbons (Fsp3) is 0.789. The highest BCUT2D eigenvalue weighted by Crippen LogP contribution is 2.37. The quantitative estimate of drug-likeness (QED) is 0.698. The maximum Gasteiger partial charge on any atom is 0.498 e. The van der Waals surface area contributed by atoms with Gasteiger partial charge in [-0.15, -0.1) is 0 Å². The monoisotopic (exact) mass is 413 g/mol. The molecule has 1 unspecified atom stereocenters. The van der Waals surface area contributed by atoms with Crippen molar-refractivity contribution >= 4 is 18.7 Å². The summed E-state index contributed by atoms with van der Waals surface area (Å²) in [6.45, 7) is 12.3. The van der Waals surface area contributed by atoms with Gasteiger partial charge in [0.25, 0.3) is 5.92 Å².